The van der Waals surface area contributed by atoms with Gasteiger partial charge in [-0.05, 0) is 31.2 Å². The lowest BCUT2D eigenvalue weighted by molar-refractivity contribution is -0.113. The van der Waals surface area contributed by atoms with E-state index in [0.717, 1.165) is 0 Å². The highest BCUT2D eigenvalue weighted by Gasteiger charge is 2.19. The molecule has 11 heteroatoms. The van der Waals surface area contributed by atoms with Gasteiger partial charge in [0.15, 0.2) is 11.0 Å². The number of aryl methyl sites for hydroxylation is 1. The standard InChI is InChI=1S/C19H22N6O4S/c1-5-29-18(27)12-6-8-13(9-7-12)20-15(26)11-30-19-22-21-16(25(19)3)14-10-24(2)23-17(14)28-4/h6-10H,5,11H2,1-4H3,(H,20,26). The molecule has 0 aliphatic heterocycles. The number of aromatic nitrogens is 5. The van der Waals surface area contributed by atoms with Crippen LogP contribution in [0.25, 0.3) is 11.4 Å². The van der Waals surface area contributed by atoms with E-state index < -0.39 is 5.97 Å². The third-order valence-corrected chi connectivity index (χ3v) is 5.10. The molecule has 0 saturated heterocycles. The van der Waals surface area contributed by atoms with Crippen LogP contribution in [0.2, 0.25) is 0 Å². The Kier molecular flexibility index (Phi) is 6.72. The van der Waals surface area contributed by atoms with Crippen LogP contribution in [-0.4, -0.2) is 55.9 Å². The second-order valence-electron chi connectivity index (χ2n) is 6.23. The predicted molar refractivity (Wildman–Crippen MR) is 112 cm³/mol. The minimum absolute atomic E-state index is 0.149. The molecule has 0 radical (unpaired) electrons. The van der Waals surface area contributed by atoms with Crippen molar-refractivity contribution in [3.63, 3.8) is 0 Å². The van der Waals surface area contributed by atoms with Gasteiger partial charge in [-0.2, -0.15) is 0 Å². The number of hydrogen-bond donors (Lipinski definition) is 1. The van der Waals surface area contributed by atoms with Crippen LogP contribution in [0.15, 0.2) is 35.6 Å². The number of ether oxygens (including phenoxy) is 2. The minimum Gasteiger partial charge on any atom is -0.479 e. The fraction of sp³-hybridized carbons (Fsp3) is 0.316. The van der Waals surface area contributed by atoms with Crippen LogP contribution >= 0.6 is 11.8 Å². The van der Waals surface area contributed by atoms with Gasteiger partial charge in [0.25, 0.3) is 0 Å². The Hall–Kier alpha value is -3.34. The van der Waals surface area contributed by atoms with E-state index in [-0.39, 0.29) is 11.7 Å². The first-order valence-electron chi connectivity index (χ1n) is 9.10. The molecule has 30 heavy (non-hydrogen) atoms. The molecule has 10 nitrogen and oxygen atoms in total. The average molecular weight is 430 g/mol. The Morgan fingerprint density at radius 1 is 1.17 bits per heavy atom. The van der Waals surface area contributed by atoms with Crippen LogP contribution in [0.3, 0.4) is 0 Å². The minimum atomic E-state index is -0.394. The normalized spacial score (nSPS) is 10.7. The van der Waals surface area contributed by atoms with Crippen molar-refractivity contribution in [2.24, 2.45) is 14.1 Å². The molecule has 0 atom stereocenters. The summed E-state index contributed by atoms with van der Waals surface area (Å²) in [5.41, 5.74) is 1.74. The second kappa shape index (κ2) is 9.44. The Morgan fingerprint density at radius 2 is 1.90 bits per heavy atom. The predicted octanol–water partition coefficient (Wildman–Crippen LogP) is 2.13. The van der Waals surface area contributed by atoms with E-state index in [1.165, 1.54) is 11.8 Å². The number of anilines is 1. The zero-order valence-electron chi connectivity index (χ0n) is 17.1. The number of carbonyl (C=O) groups excluding carboxylic acids is 2. The van der Waals surface area contributed by atoms with Gasteiger partial charge >= 0.3 is 5.97 Å². The van der Waals surface area contributed by atoms with Crippen molar-refractivity contribution in [1.29, 1.82) is 0 Å². The maximum atomic E-state index is 12.3. The highest BCUT2D eigenvalue weighted by atomic mass is 32.2. The summed E-state index contributed by atoms with van der Waals surface area (Å²) in [6.07, 6.45) is 1.80. The number of esters is 1. The van der Waals surface area contributed by atoms with Crippen LogP contribution in [0, 0.1) is 0 Å². The average Bonchev–Trinajstić information content (AvgIpc) is 3.28. The first kappa shape index (κ1) is 21.4. The van der Waals surface area contributed by atoms with E-state index in [2.05, 4.69) is 20.6 Å². The van der Waals surface area contributed by atoms with E-state index in [9.17, 15) is 9.59 Å². The maximum absolute atomic E-state index is 12.3. The molecule has 1 aromatic carbocycles. The summed E-state index contributed by atoms with van der Waals surface area (Å²) in [5, 5.41) is 15.9. The number of carbonyl (C=O) groups is 2. The summed E-state index contributed by atoms with van der Waals surface area (Å²) in [5.74, 6) is 0.600. The van der Waals surface area contributed by atoms with Crippen molar-refractivity contribution >= 4 is 29.3 Å². The molecule has 1 N–H and O–H groups in total. The molecule has 2 aromatic heterocycles. The fourth-order valence-corrected chi connectivity index (χ4v) is 3.39. The number of thioether (sulfide) groups is 1. The van der Waals surface area contributed by atoms with Gasteiger partial charge in [-0.1, -0.05) is 11.8 Å². The molecule has 0 saturated carbocycles. The molecule has 158 valence electrons. The van der Waals surface area contributed by atoms with E-state index in [1.54, 1.807) is 60.8 Å². The summed E-state index contributed by atoms with van der Waals surface area (Å²) in [6, 6.07) is 6.53. The number of methoxy groups -OCH3 is 1. The van der Waals surface area contributed by atoms with Crippen LogP contribution in [0.1, 0.15) is 17.3 Å². The number of rotatable bonds is 8. The Bertz CT molecular complexity index is 1040. The molecule has 0 fully saturated rings. The number of hydrogen-bond acceptors (Lipinski definition) is 8. The van der Waals surface area contributed by atoms with Crippen molar-refractivity contribution in [3.8, 4) is 17.3 Å². The Balaban J connectivity index is 1.60. The monoisotopic (exact) mass is 430 g/mol. The van der Waals surface area contributed by atoms with Crippen molar-refractivity contribution in [2.75, 3.05) is 24.8 Å². The van der Waals surface area contributed by atoms with Gasteiger partial charge in [0.1, 0.15) is 5.56 Å². The number of nitrogens with zero attached hydrogens (tertiary/aromatic N) is 5. The summed E-state index contributed by atoms with van der Waals surface area (Å²) in [7, 11) is 5.15. The topological polar surface area (TPSA) is 113 Å². The van der Waals surface area contributed by atoms with Crippen LogP contribution < -0.4 is 10.1 Å². The molecule has 1 amide bonds. The van der Waals surface area contributed by atoms with E-state index in [4.69, 9.17) is 9.47 Å². The van der Waals surface area contributed by atoms with Gasteiger partial charge < -0.3 is 19.4 Å². The molecule has 0 aliphatic carbocycles. The summed E-state index contributed by atoms with van der Waals surface area (Å²) in [6.45, 7) is 2.06. The molecule has 0 bridgehead atoms. The summed E-state index contributed by atoms with van der Waals surface area (Å²) in [4.78, 5) is 24.0. The molecular weight excluding hydrogens is 408 g/mol. The summed E-state index contributed by atoms with van der Waals surface area (Å²) >= 11 is 1.26. The third kappa shape index (κ3) is 4.79. The van der Waals surface area contributed by atoms with Gasteiger partial charge in [0.2, 0.25) is 11.8 Å². The zero-order chi connectivity index (χ0) is 21.7. The number of nitrogens with one attached hydrogen (secondary N) is 1. The van der Waals surface area contributed by atoms with E-state index in [0.29, 0.717) is 40.3 Å². The lowest BCUT2D eigenvalue weighted by Crippen LogP contribution is -2.14. The smallest absolute Gasteiger partial charge is 0.338 e. The third-order valence-electron chi connectivity index (χ3n) is 4.08. The van der Waals surface area contributed by atoms with Gasteiger partial charge in [-0.25, -0.2) is 4.79 Å². The SMILES string of the molecule is CCOC(=O)c1ccc(NC(=O)CSc2nnc(-c3cn(C)nc3OC)n2C)cc1. The van der Waals surface area contributed by atoms with E-state index in [1.807, 2.05) is 7.05 Å². The Labute approximate surface area is 177 Å². The zero-order valence-corrected chi connectivity index (χ0v) is 17.9. The van der Waals surface area contributed by atoms with Gasteiger partial charge in [0, 0.05) is 26.0 Å². The molecule has 3 aromatic rings. The van der Waals surface area contributed by atoms with E-state index >= 15 is 0 Å². The molecule has 3 rings (SSSR count). The van der Waals surface area contributed by atoms with Crippen molar-refractivity contribution < 1.29 is 19.1 Å². The van der Waals surface area contributed by atoms with Gasteiger partial charge in [0.05, 0.1) is 25.0 Å². The summed E-state index contributed by atoms with van der Waals surface area (Å²) < 4.78 is 13.6. The second-order valence-corrected chi connectivity index (χ2v) is 7.17. The van der Waals surface area contributed by atoms with Crippen LogP contribution in [-0.2, 0) is 23.6 Å². The van der Waals surface area contributed by atoms with Crippen LogP contribution in [0.4, 0.5) is 5.69 Å². The first-order chi connectivity index (χ1) is 14.4. The fourth-order valence-electron chi connectivity index (χ4n) is 2.68. The van der Waals surface area contributed by atoms with Gasteiger partial charge in [-0.3, -0.25) is 9.48 Å². The van der Waals surface area contributed by atoms with Crippen molar-refractivity contribution in [1.82, 2.24) is 24.5 Å². The first-order valence-corrected chi connectivity index (χ1v) is 10.1. The van der Waals surface area contributed by atoms with Gasteiger partial charge in [-0.15, -0.1) is 15.3 Å². The van der Waals surface area contributed by atoms with Crippen molar-refractivity contribution in [2.45, 2.75) is 12.1 Å². The molecule has 0 unspecified atom stereocenters. The van der Waals surface area contributed by atoms with Crippen molar-refractivity contribution in [3.05, 3.63) is 36.0 Å². The highest BCUT2D eigenvalue weighted by molar-refractivity contribution is 7.99. The molecular formula is C19H22N6O4S. The Morgan fingerprint density at radius 3 is 2.57 bits per heavy atom. The largest absolute Gasteiger partial charge is 0.479 e. The molecule has 0 aliphatic rings. The molecule has 0 spiro atoms. The number of benzene rings is 1. The van der Waals surface area contributed by atoms with Crippen LogP contribution in [0.5, 0.6) is 5.88 Å². The lowest BCUT2D eigenvalue weighted by atomic mass is 10.2. The number of amides is 1. The lowest BCUT2D eigenvalue weighted by Gasteiger charge is -2.07. The quantitative estimate of drug-likeness (QED) is 0.427. The molecule has 2 heterocycles. The maximum Gasteiger partial charge on any atom is 0.338 e. The highest BCUT2D eigenvalue weighted by Crippen LogP contribution is 2.29.